The monoisotopic (exact) mass is 351 g/mol. The van der Waals surface area contributed by atoms with E-state index in [0.717, 1.165) is 26.9 Å². The van der Waals surface area contributed by atoms with Gasteiger partial charge in [0.15, 0.2) is 5.16 Å². The molecule has 126 valence electrons. The van der Waals surface area contributed by atoms with Crippen LogP contribution in [0.15, 0.2) is 63.2 Å². The molecular formula is C19H17N3O2S. The molecule has 2 aromatic heterocycles. The van der Waals surface area contributed by atoms with Crippen molar-refractivity contribution in [2.75, 3.05) is 0 Å². The van der Waals surface area contributed by atoms with Gasteiger partial charge in [0.05, 0.1) is 0 Å². The molecule has 0 fully saturated rings. The third-order valence-electron chi connectivity index (χ3n) is 4.17. The molecule has 25 heavy (non-hydrogen) atoms. The van der Waals surface area contributed by atoms with Gasteiger partial charge in [-0.05, 0) is 36.2 Å². The number of hydrogen-bond donors (Lipinski definition) is 0. The van der Waals surface area contributed by atoms with E-state index in [0.29, 0.717) is 11.3 Å². The molecule has 2 heterocycles. The van der Waals surface area contributed by atoms with Crippen molar-refractivity contribution in [1.29, 1.82) is 0 Å². The van der Waals surface area contributed by atoms with Crippen LogP contribution in [0.25, 0.3) is 21.7 Å². The molecule has 5 nitrogen and oxygen atoms in total. The summed E-state index contributed by atoms with van der Waals surface area (Å²) < 4.78 is 7.44. The summed E-state index contributed by atoms with van der Waals surface area (Å²) in [4.78, 5) is 12.0. The lowest BCUT2D eigenvalue weighted by Gasteiger charge is -2.11. The summed E-state index contributed by atoms with van der Waals surface area (Å²) in [6.45, 7) is 4.18. The van der Waals surface area contributed by atoms with Crippen LogP contribution in [0, 0.1) is 0 Å². The Morgan fingerprint density at radius 3 is 2.88 bits per heavy atom. The van der Waals surface area contributed by atoms with Gasteiger partial charge in [-0.1, -0.05) is 42.1 Å². The minimum atomic E-state index is -0.330. The predicted octanol–water partition coefficient (Wildman–Crippen LogP) is 4.41. The maximum absolute atomic E-state index is 12.0. The second kappa shape index (κ2) is 6.37. The number of hydrogen-bond acceptors (Lipinski definition) is 5. The highest BCUT2D eigenvalue weighted by molar-refractivity contribution is 7.98. The first-order valence-electron chi connectivity index (χ1n) is 8.10. The molecule has 6 heteroatoms. The fourth-order valence-electron chi connectivity index (χ4n) is 2.97. The Hall–Kier alpha value is -2.60. The molecular weight excluding hydrogens is 334 g/mol. The molecule has 0 saturated carbocycles. The number of fused-ring (bicyclic) bond motifs is 3. The summed E-state index contributed by atoms with van der Waals surface area (Å²) in [7, 11) is 0. The fourth-order valence-corrected chi connectivity index (χ4v) is 3.99. The quantitative estimate of drug-likeness (QED) is 0.310. The molecule has 2 aromatic carbocycles. The summed E-state index contributed by atoms with van der Waals surface area (Å²) in [6.07, 6.45) is 1.74. The minimum absolute atomic E-state index is 0.288. The molecule has 0 atom stereocenters. The summed E-state index contributed by atoms with van der Waals surface area (Å²) in [6, 6.07) is 13.8. The zero-order valence-electron chi connectivity index (χ0n) is 14.0. The number of benzene rings is 2. The second-order valence-corrected chi connectivity index (χ2v) is 7.10. The van der Waals surface area contributed by atoms with Crippen molar-refractivity contribution < 1.29 is 4.42 Å². The second-order valence-electron chi connectivity index (χ2n) is 6.15. The maximum Gasteiger partial charge on any atom is 0.336 e. The highest BCUT2D eigenvalue weighted by Crippen LogP contribution is 2.31. The van der Waals surface area contributed by atoms with E-state index in [2.05, 4.69) is 36.2 Å². The van der Waals surface area contributed by atoms with E-state index >= 15 is 0 Å². The number of thioether (sulfide) groups is 1. The standard InChI is InChI=1S/C19H17N3O2S/c1-12(2)22-11-20-21-19(22)25-10-14-9-17(23)24-16-8-7-13-5-3-4-6-15(13)18(14)16/h3-9,11-12H,10H2,1-2H3. The normalized spacial score (nSPS) is 11.6. The first kappa shape index (κ1) is 15.9. The van der Waals surface area contributed by atoms with Gasteiger partial charge in [0, 0.05) is 23.2 Å². The zero-order valence-corrected chi connectivity index (χ0v) is 14.8. The zero-order chi connectivity index (χ0) is 17.4. The van der Waals surface area contributed by atoms with Gasteiger partial charge in [-0.3, -0.25) is 0 Å². The van der Waals surface area contributed by atoms with E-state index in [1.165, 1.54) is 0 Å². The Kier molecular flexibility index (Phi) is 4.05. The highest BCUT2D eigenvalue weighted by Gasteiger charge is 2.13. The lowest BCUT2D eigenvalue weighted by atomic mass is 10.0. The van der Waals surface area contributed by atoms with Gasteiger partial charge in [0.25, 0.3) is 0 Å². The van der Waals surface area contributed by atoms with Crippen LogP contribution in [0.1, 0.15) is 25.5 Å². The molecule has 0 bridgehead atoms. The van der Waals surface area contributed by atoms with Crippen LogP contribution >= 0.6 is 11.8 Å². The van der Waals surface area contributed by atoms with Crippen LogP contribution < -0.4 is 5.63 Å². The molecule has 0 amide bonds. The Morgan fingerprint density at radius 2 is 2.04 bits per heavy atom. The lowest BCUT2D eigenvalue weighted by Crippen LogP contribution is -2.03. The van der Waals surface area contributed by atoms with Gasteiger partial charge < -0.3 is 8.98 Å². The van der Waals surface area contributed by atoms with E-state index < -0.39 is 0 Å². The van der Waals surface area contributed by atoms with Gasteiger partial charge in [-0.25, -0.2) is 4.79 Å². The molecule has 0 spiro atoms. The van der Waals surface area contributed by atoms with Crippen molar-refractivity contribution >= 4 is 33.5 Å². The molecule has 0 radical (unpaired) electrons. The van der Waals surface area contributed by atoms with Crippen LogP contribution in [0.4, 0.5) is 0 Å². The Morgan fingerprint density at radius 1 is 1.20 bits per heavy atom. The lowest BCUT2D eigenvalue weighted by molar-refractivity contribution is 0.549. The first-order valence-corrected chi connectivity index (χ1v) is 9.09. The van der Waals surface area contributed by atoms with Crippen LogP contribution in [0.2, 0.25) is 0 Å². The van der Waals surface area contributed by atoms with E-state index in [1.807, 2.05) is 28.8 Å². The number of nitrogens with zero attached hydrogens (tertiary/aromatic N) is 3. The molecule has 0 aliphatic carbocycles. The fraction of sp³-hybridized carbons (Fsp3) is 0.211. The van der Waals surface area contributed by atoms with E-state index in [-0.39, 0.29) is 11.7 Å². The van der Waals surface area contributed by atoms with Crippen molar-refractivity contribution in [3.63, 3.8) is 0 Å². The molecule has 0 aliphatic heterocycles. The van der Waals surface area contributed by atoms with Crippen LogP contribution in [0.3, 0.4) is 0 Å². The van der Waals surface area contributed by atoms with Crippen LogP contribution in [-0.2, 0) is 5.75 Å². The van der Waals surface area contributed by atoms with E-state index in [4.69, 9.17) is 4.42 Å². The van der Waals surface area contributed by atoms with Gasteiger partial charge in [-0.2, -0.15) is 0 Å². The first-order chi connectivity index (χ1) is 12.1. The third-order valence-corrected chi connectivity index (χ3v) is 5.17. The van der Waals surface area contributed by atoms with Crippen molar-refractivity contribution in [3.05, 3.63) is 64.8 Å². The largest absolute Gasteiger partial charge is 0.423 e. The van der Waals surface area contributed by atoms with E-state index in [9.17, 15) is 4.79 Å². The van der Waals surface area contributed by atoms with E-state index in [1.54, 1.807) is 24.2 Å². The van der Waals surface area contributed by atoms with Crippen molar-refractivity contribution in [3.8, 4) is 0 Å². The van der Waals surface area contributed by atoms with Crippen LogP contribution in [0.5, 0.6) is 0 Å². The Labute approximate surface area is 148 Å². The summed E-state index contributed by atoms with van der Waals surface area (Å²) in [5.74, 6) is 0.627. The minimum Gasteiger partial charge on any atom is -0.423 e. The topological polar surface area (TPSA) is 60.9 Å². The molecule has 0 aliphatic rings. The molecule has 0 saturated heterocycles. The smallest absolute Gasteiger partial charge is 0.336 e. The van der Waals surface area contributed by atoms with Crippen LogP contribution in [-0.4, -0.2) is 14.8 Å². The van der Waals surface area contributed by atoms with Crippen molar-refractivity contribution in [2.24, 2.45) is 0 Å². The Bertz CT molecular complexity index is 1110. The predicted molar refractivity (Wildman–Crippen MR) is 100.0 cm³/mol. The number of rotatable bonds is 4. The van der Waals surface area contributed by atoms with Crippen molar-refractivity contribution in [2.45, 2.75) is 30.8 Å². The average molecular weight is 351 g/mol. The summed E-state index contributed by atoms with van der Waals surface area (Å²) >= 11 is 1.58. The maximum atomic E-state index is 12.0. The average Bonchev–Trinajstić information content (AvgIpc) is 3.08. The number of aromatic nitrogens is 3. The van der Waals surface area contributed by atoms with Gasteiger partial charge in [0.1, 0.15) is 11.9 Å². The van der Waals surface area contributed by atoms with Gasteiger partial charge in [0.2, 0.25) is 0 Å². The van der Waals surface area contributed by atoms with Crippen molar-refractivity contribution in [1.82, 2.24) is 14.8 Å². The molecule has 4 aromatic rings. The third kappa shape index (κ3) is 2.93. The SMILES string of the molecule is CC(C)n1cnnc1SCc1cc(=O)oc2ccc3ccccc3c12. The van der Waals surface area contributed by atoms with Gasteiger partial charge in [-0.15, -0.1) is 10.2 Å². The molecule has 4 rings (SSSR count). The molecule has 0 N–H and O–H groups in total. The molecule has 0 unspecified atom stereocenters. The Balaban J connectivity index is 1.82. The summed E-state index contributed by atoms with van der Waals surface area (Å²) in [5, 5.41) is 12.2. The van der Waals surface area contributed by atoms with Gasteiger partial charge >= 0.3 is 5.63 Å². The summed E-state index contributed by atoms with van der Waals surface area (Å²) in [5.41, 5.74) is 1.24. The highest BCUT2D eigenvalue weighted by atomic mass is 32.2.